The molecule has 1 saturated carbocycles. The molecule has 1 aliphatic carbocycles. The summed E-state index contributed by atoms with van der Waals surface area (Å²) >= 11 is 0. The molecule has 3 rings (SSSR count). The van der Waals surface area contributed by atoms with Crippen molar-refractivity contribution in [2.75, 3.05) is 18.5 Å². The summed E-state index contributed by atoms with van der Waals surface area (Å²) in [4.78, 5) is 0. The zero-order chi connectivity index (χ0) is 10.1. The number of hydrogen-bond donors (Lipinski definition) is 1. The van der Waals surface area contributed by atoms with Gasteiger partial charge >= 0.3 is 0 Å². The van der Waals surface area contributed by atoms with Crippen molar-refractivity contribution in [2.24, 2.45) is 5.92 Å². The van der Waals surface area contributed by atoms with E-state index in [4.69, 9.17) is 4.74 Å². The summed E-state index contributed by atoms with van der Waals surface area (Å²) in [6.45, 7) is 2.01. The molecule has 2 heteroatoms. The van der Waals surface area contributed by atoms with Crippen LogP contribution in [0.15, 0.2) is 18.2 Å². The molecule has 1 aliphatic heterocycles. The van der Waals surface area contributed by atoms with E-state index in [2.05, 4.69) is 23.5 Å². The Labute approximate surface area is 90.6 Å². The molecule has 0 atom stereocenters. The minimum atomic E-state index is 0.831. The van der Waals surface area contributed by atoms with E-state index in [0.717, 1.165) is 31.2 Å². The minimum Gasteiger partial charge on any atom is -0.493 e. The number of nitrogens with one attached hydrogen (secondary N) is 1. The molecular weight excluding hydrogens is 186 g/mol. The van der Waals surface area contributed by atoms with E-state index < -0.39 is 0 Å². The molecule has 1 aromatic rings. The maximum absolute atomic E-state index is 5.89. The number of anilines is 1. The van der Waals surface area contributed by atoms with E-state index >= 15 is 0 Å². The van der Waals surface area contributed by atoms with Gasteiger partial charge in [0, 0.05) is 17.8 Å². The zero-order valence-electron chi connectivity index (χ0n) is 8.96. The molecule has 2 nitrogen and oxygen atoms in total. The third-order valence-corrected chi connectivity index (χ3v) is 3.22. The first kappa shape index (κ1) is 9.08. The molecular formula is C13H17NO. The van der Waals surface area contributed by atoms with Gasteiger partial charge in [0.1, 0.15) is 5.75 Å². The summed E-state index contributed by atoms with van der Waals surface area (Å²) in [5, 5.41) is 3.43. The van der Waals surface area contributed by atoms with Crippen LogP contribution in [0.4, 0.5) is 5.69 Å². The van der Waals surface area contributed by atoms with Gasteiger partial charge in [0.25, 0.3) is 0 Å². The van der Waals surface area contributed by atoms with Crippen molar-refractivity contribution in [3.05, 3.63) is 23.8 Å². The van der Waals surface area contributed by atoms with Crippen molar-refractivity contribution in [3.63, 3.8) is 0 Å². The largest absolute Gasteiger partial charge is 0.493 e. The topological polar surface area (TPSA) is 21.3 Å². The molecule has 0 aromatic heterocycles. The fourth-order valence-corrected chi connectivity index (χ4v) is 2.10. The molecule has 0 radical (unpaired) electrons. The first-order valence-electron chi connectivity index (χ1n) is 5.92. The van der Waals surface area contributed by atoms with Crippen molar-refractivity contribution in [2.45, 2.75) is 25.7 Å². The SMILES string of the molecule is c1cc2c(c(OCC3CC3)c1)CCCN2. The monoisotopic (exact) mass is 203 g/mol. The summed E-state index contributed by atoms with van der Waals surface area (Å²) in [7, 11) is 0. The second kappa shape index (κ2) is 3.76. The van der Waals surface area contributed by atoms with Crippen LogP contribution in [0.2, 0.25) is 0 Å². The maximum Gasteiger partial charge on any atom is 0.124 e. The Balaban J connectivity index is 1.79. The fraction of sp³-hybridized carbons (Fsp3) is 0.538. The van der Waals surface area contributed by atoms with Crippen LogP contribution in [-0.2, 0) is 6.42 Å². The van der Waals surface area contributed by atoms with E-state index in [1.54, 1.807) is 0 Å². The van der Waals surface area contributed by atoms with Gasteiger partial charge < -0.3 is 10.1 Å². The smallest absolute Gasteiger partial charge is 0.124 e. The zero-order valence-corrected chi connectivity index (χ0v) is 8.96. The Morgan fingerprint density at radius 1 is 1.33 bits per heavy atom. The number of rotatable bonds is 3. The second-order valence-electron chi connectivity index (χ2n) is 4.57. The summed E-state index contributed by atoms with van der Waals surface area (Å²) < 4.78 is 5.89. The summed E-state index contributed by atoms with van der Waals surface area (Å²) in [6.07, 6.45) is 5.08. The van der Waals surface area contributed by atoms with Crippen molar-refractivity contribution < 1.29 is 4.74 Å². The highest BCUT2D eigenvalue weighted by atomic mass is 16.5. The van der Waals surface area contributed by atoms with Gasteiger partial charge in [-0.05, 0) is 43.7 Å². The van der Waals surface area contributed by atoms with Crippen LogP contribution in [-0.4, -0.2) is 13.2 Å². The maximum atomic E-state index is 5.89. The molecule has 2 aliphatic rings. The quantitative estimate of drug-likeness (QED) is 0.815. The lowest BCUT2D eigenvalue weighted by molar-refractivity contribution is 0.296. The van der Waals surface area contributed by atoms with Gasteiger partial charge in [-0.15, -0.1) is 0 Å². The molecule has 80 valence electrons. The Hall–Kier alpha value is -1.18. The lowest BCUT2D eigenvalue weighted by atomic mass is 10.0. The highest BCUT2D eigenvalue weighted by Crippen LogP contribution is 2.33. The molecule has 1 N–H and O–H groups in total. The van der Waals surface area contributed by atoms with Crippen LogP contribution in [0, 0.1) is 5.92 Å². The third kappa shape index (κ3) is 1.94. The number of hydrogen-bond acceptors (Lipinski definition) is 2. The number of fused-ring (bicyclic) bond motifs is 1. The van der Waals surface area contributed by atoms with Crippen LogP contribution < -0.4 is 10.1 Å². The van der Waals surface area contributed by atoms with Crippen LogP contribution in [0.3, 0.4) is 0 Å². The summed E-state index contributed by atoms with van der Waals surface area (Å²) in [6, 6.07) is 6.34. The standard InChI is InChI=1S/C13H17NO/c1-4-12-11(3-2-8-14-12)13(5-1)15-9-10-6-7-10/h1,4-5,10,14H,2-3,6-9H2. The Kier molecular flexibility index (Phi) is 2.28. The van der Waals surface area contributed by atoms with E-state index in [9.17, 15) is 0 Å². The second-order valence-corrected chi connectivity index (χ2v) is 4.57. The van der Waals surface area contributed by atoms with E-state index in [1.807, 2.05) is 0 Å². The molecule has 1 heterocycles. The number of benzene rings is 1. The first-order valence-corrected chi connectivity index (χ1v) is 5.92. The molecule has 1 aromatic carbocycles. The molecule has 1 fully saturated rings. The van der Waals surface area contributed by atoms with Crippen LogP contribution in [0.5, 0.6) is 5.75 Å². The molecule has 0 spiro atoms. The number of ether oxygens (including phenoxy) is 1. The highest BCUT2D eigenvalue weighted by molar-refractivity contribution is 5.59. The van der Waals surface area contributed by atoms with Crippen molar-refractivity contribution >= 4 is 5.69 Å². The Morgan fingerprint density at radius 3 is 3.13 bits per heavy atom. The van der Waals surface area contributed by atoms with Crippen molar-refractivity contribution in [1.29, 1.82) is 0 Å². The van der Waals surface area contributed by atoms with Gasteiger partial charge in [-0.25, -0.2) is 0 Å². The molecule has 0 unspecified atom stereocenters. The Morgan fingerprint density at radius 2 is 2.27 bits per heavy atom. The average molecular weight is 203 g/mol. The summed E-state index contributed by atoms with van der Waals surface area (Å²) in [5.74, 6) is 1.93. The van der Waals surface area contributed by atoms with Gasteiger partial charge in [-0.2, -0.15) is 0 Å². The molecule has 0 bridgehead atoms. The third-order valence-electron chi connectivity index (χ3n) is 3.22. The predicted octanol–water partition coefficient (Wildman–Crippen LogP) is 2.83. The lowest BCUT2D eigenvalue weighted by Gasteiger charge is -2.20. The van der Waals surface area contributed by atoms with E-state index in [0.29, 0.717) is 0 Å². The van der Waals surface area contributed by atoms with Crippen LogP contribution in [0.1, 0.15) is 24.8 Å². The highest BCUT2D eigenvalue weighted by Gasteiger charge is 2.23. The molecule has 15 heavy (non-hydrogen) atoms. The van der Waals surface area contributed by atoms with Gasteiger partial charge in [0.05, 0.1) is 6.61 Å². The van der Waals surface area contributed by atoms with Crippen molar-refractivity contribution in [1.82, 2.24) is 0 Å². The molecule has 0 saturated heterocycles. The predicted molar refractivity (Wildman–Crippen MR) is 61.5 cm³/mol. The van der Waals surface area contributed by atoms with Crippen molar-refractivity contribution in [3.8, 4) is 5.75 Å². The normalized spacial score (nSPS) is 19.2. The van der Waals surface area contributed by atoms with E-state index in [-0.39, 0.29) is 0 Å². The average Bonchev–Trinajstić information content (AvgIpc) is 3.10. The van der Waals surface area contributed by atoms with Gasteiger partial charge in [0.15, 0.2) is 0 Å². The fourth-order valence-electron chi connectivity index (χ4n) is 2.10. The minimum absolute atomic E-state index is 0.831. The molecule has 0 amide bonds. The van der Waals surface area contributed by atoms with Gasteiger partial charge in [-0.3, -0.25) is 0 Å². The Bertz CT molecular complexity index is 358. The van der Waals surface area contributed by atoms with Crippen LogP contribution in [0.25, 0.3) is 0 Å². The first-order chi connectivity index (χ1) is 7.43. The summed E-state index contributed by atoms with van der Waals surface area (Å²) in [5.41, 5.74) is 2.65. The van der Waals surface area contributed by atoms with Crippen LogP contribution >= 0.6 is 0 Å². The van der Waals surface area contributed by atoms with E-state index in [1.165, 1.54) is 30.5 Å². The van der Waals surface area contributed by atoms with Gasteiger partial charge in [0.2, 0.25) is 0 Å². The van der Waals surface area contributed by atoms with Gasteiger partial charge in [-0.1, -0.05) is 6.07 Å². The lowest BCUT2D eigenvalue weighted by Crippen LogP contribution is -2.13.